The van der Waals surface area contributed by atoms with Gasteiger partial charge in [0.25, 0.3) is 0 Å². The van der Waals surface area contributed by atoms with E-state index in [1.807, 2.05) is 92.0 Å². The third-order valence-corrected chi connectivity index (χ3v) is 6.62. The monoisotopic (exact) mass is 473 g/mol. The molecule has 0 bridgehead atoms. The van der Waals surface area contributed by atoms with Crippen molar-refractivity contribution in [2.75, 3.05) is 13.6 Å². The largest absolute Gasteiger partial charge is 0.493 e. The van der Waals surface area contributed by atoms with Gasteiger partial charge in [-0.05, 0) is 61.0 Å². The summed E-state index contributed by atoms with van der Waals surface area (Å²) in [6.45, 7) is 0.547. The molecular weight excluding hydrogens is 446 g/mol. The summed E-state index contributed by atoms with van der Waals surface area (Å²) in [6.07, 6.45) is 5.57. The summed E-state index contributed by atoms with van der Waals surface area (Å²) in [5.41, 5.74) is 10.2. The molecule has 36 heavy (non-hydrogen) atoms. The predicted octanol–water partition coefficient (Wildman–Crippen LogP) is 5.19. The van der Waals surface area contributed by atoms with Gasteiger partial charge in [0.05, 0.1) is 5.69 Å². The van der Waals surface area contributed by atoms with E-state index in [0.29, 0.717) is 24.1 Å². The molecule has 2 unspecified atom stereocenters. The number of hydrogen-bond acceptors (Lipinski definition) is 5. The zero-order valence-electron chi connectivity index (χ0n) is 20.0. The van der Waals surface area contributed by atoms with E-state index in [0.717, 1.165) is 27.9 Å². The van der Waals surface area contributed by atoms with Crippen molar-refractivity contribution >= 4 is 11.6 Å². The summed E-state index contributed by atoms with van der Waals surface area (Å²) in [6, 6.07) is 25.2. The molecular formula is C31H27N3O2. The summed E-state index contributed by atoms with van der Waals surface area (Å²) in [5.74, 6) is -0.769. The van der Waals surface area contributed by atoms with Gasteiger partial charge in [0.2, 0.25) is 5.88 Å². The van der Waals surface area contributed by atoms with Gasteiger partial charge in [-0.2, -0.15) is 0 Å². The number of pyridine rings is 2. The number of nitrogens with one attached hydrogen (secondary N) is 1. The normalized spacial score (nSPS) is 14.6. The second-order valence-electron chi connectivity index (χ2n) is 8.85. The fraction of sp³-hybridized carbons (Fsp3) is 0.161. The van der Waals surface area contributed by atoms with Crippen molar-refractivity contribution in [1.29, 1.82) is 0 Å². The molecule has 0 spiro atoms. The molecule has 1 aliphatic rings. The Bertz CT molecular complexity index is 1470. The molecule has 5 rings (SSSR count). The second-order valence-corrected chi connectivity index (χ2v) is 8.85. The minimum Gasteiger partial charge on any atom is -0.493 e. The van der Waals surface area contributed by atoms with Crippen LogP contribution in [0.4, 0.5) is 0 Å². The molecule has 1 aliphatic carbocycles. The molecule has 2 atom stereocenters. The quantitative estimate of drug-likeness (QED) is 0.307. The summed E-state index contributed by atoms with van der Waals surface area (Å²) in [4.78, 5) is 8.78. The maximum Gasteiger partial charge on any atom is 0.214 e. The molecule has 0 fully saturated rings. The van der Waals surface area contributed by atoms with E-state index in [2.05, 4.69) is 26.7 Å². The highest BCUT2D eigenvalue weighted by Crippen LogP contribution is 2.48. The molecule has 2 aromatic heterocycles. The van der Waals surface area contributed by atoms with Crippen LogP contribution in [-0.4, -0.2) is 39.4 Å². The highest BCUT2D eigenvalue weighted by atomic mass is 16.3. The number of hydrogen-bond donors (Lipinski definition) is 3. The van der Waals surface area contributed by atoms with Crippen molar-refractivity contribution < 1.29 is 10.2 Å². The van der Waals surface area contributed by atoms with E-state index < -0.39 is 11.5 Å². The van der Waals surface area contributed by atoms with Gasteiger partial charge in [-0.1, -0.05) is 72.1 Å². The molecule has 0 saturated heterocycles. The van der Waals surface area contributed by atoms with Crippen LogP contribution < -0.4 is 5.32 Å². The third-order valence-electron chi connectivity index (χ3n) is 6.62. The molecule has 5 nitrogen and oxygen atoms in total. The molecule has 2 aromatic carbocycles. The lowest BCUT2D eigenvalue weighted by Crippen LogP contribution is -2.41. The molecule has 0 aliphatic heterocycles. The highest BCUT2D eigenvalue weighted by Gasteiger charge is 2.44. The molecule has 0 saturated carbocycles. The van der Waals surface area contributed by atoms with Crippen molar-refractivity contribution in [3.05, 3.63) is 125 Å². The van der Waals surface area contributed by atoms with Crippen molar-refractivity contribution in [3.8, 4) is 17.1 Å². The van der Waals surface area contributed by atoms with Crippen LogP contribution in [0.15, 0.2) is 103 Å². The number of aromatic hydroxyl groups is 1. The van der Waals surface area contributed by atoms with Gasteiger partial charge in [-0.3, -0.25) is 4.98 Å². The standard InChI is InChI=1S/C31H27N3O2/c1-32-19-17-31(36,27-15-9-13-22-10-5-6-14-25(22)27)29(23-11-3-2-4-12-23)26-20-24(21-34-30(26)35)28-16-7-8-18-33-28/h2-8,10-14,16,18,20-21,29,32,36H,17,19H2,1H3,(H,34,35). The van der Waals surface area contributed by atoms with Crippen LogP contribution in [0.2, 0.25) is 0 Å². The highest BCUT2D eigenvalue weighted by molar-refractivity contribution is 5.82. The Hall–Kier alpha value is -4.24. The molecule has 0 radical (unpaired) electrons. The number of rotatable bonds is 8. The maximum absolute atomic E-state index is 12.7. The van der Waals surface area contributed by atoms with Gasteiger partial charge in [0.15, 0.2) is 0 Å². The number of aliphatic hydroxyl groups is 1. The summed E-state index contributed by atoms with van der Waals surface area (Å²) >= 11 is 0. The zero-order valence-corrected chi connectivity index (χ0v) is 20.0. The number of fused-ring (bicyclic) bond motifs is 1. The summed E-state index contributed by atoms with van der Waals surface area (Å²) in [5, 5.41) is 27.0. The van der Waals surface area contributed by atoms with E-state index in [1.54, 1.807) is 12.4 Å². The maximum atomic E-state index is 12.7. The van der Waals surface area contributed by atoms with Crippen molar-refractivity contribution in [1.82, 2.24) is 15.3 Å². The Labute approximate surface area is 210 Å². The first kappa shape index (κ1) is 23.5. The van der Waals surface area contributed by atoms with Crippen LogP contribution in [0, 0.1) is 0 Å². The first-order valence-corrected chi connectivity index (χ1v) is 12.0. The lowest BCUT2D eigenvalue weighted by Gasteiger charge is -2.39. The zero-order chi connectivity index (χ0) is 25.0. The van der Waals surface area contributed by atoms with Crippen LogP contribution in [0.25, 0.3) is 22.9 Å². The van der Waals surface area contributed by atoms with E-state index >= 15 is 0 Å². The van der Waals surface area contributed by atoms with Crippen LogP contribution in [0.1, 0.15) is 34.6 Å². The van der Waals surface area contributed by atoms with E-state index in [9.17, 15) is 10.2 Å². The van der Waals surface area contributed by atoms with E-state index in [4.69, 9.17) is 0 Å². The first-order valence-electron chi connectivity index (χ1n) is 12.0. The third kappa shape index (κ3) is 4.40. The fourth-order valence-electron chi connectivity index (χ4n) is 4.89. The number of benzene rings is 2. The molecule has 3 N–H and O–H groups in total. The SMILES string of the molecule is CNCCC(O)(C1=C=C=Cc2ccccc21)C(c1ccccc1)c1cc(-c2ccccn2)cnc1O. The van der Waals surface area contributed by atoms with Crippen LogP contribution >= 0.6 is 0 Å². The topological polar surface area (TPSA) is 78.3 Å². The Morgan fingerprint density at radius 1 is 0.972 bits per heavy atom. The Morgan fingerprint density at radius 3 is 2.53 bits per heavy atom. The lowest BCUT2D eigenvalue weighted by molar-refractivity contribution is 0.0743. The van der Waals surface area contributed by atoms with Gasteiger partial charge < -0.3 is 15.5 Å². The van der Waals surface area contributed by atoms with Crippen molar-refractivity contribution in [2.24, 2.45) is 0 Å². The molecule has 5 heteroatoms. The van der Waals surface area contributed by atoms with Gasteiger partial charge in [-0.15, -0.1) is 0 Å². The molecule has 178 valence electrons. The van der Waals surface area contributed by atoms with Gasteiger partial charge in [0.1, 0.15) is 5.60 Å². The van der Waals surface area contributed by atoms with Crippen molar-refractivity contribution in [2.45, 2.75) is 17.9 Å². The van der Waals surface area contributed by atoms with Crippen LogP contribution in [0.5, 0.6) is 5.88 Å². The summed E-state index contributed by atoms with van der Waals surface area (Å²) in [7, 11) is 1.86. The molecule has 0 amide bonds. The lowest BCUT2D eigenvalue weighted by atomic mass is 9.69. The minimum absolute atomic E-state index is 0.129. The average Bonchev–Trinajstić information content (AvgIpc) is 2.94. The molecule has 4 aromatic rings. The van der Waals surface area contributed by atoms with Gasteiger partial charge >= 0.3 is 0 Å². The van der Waals surface area contributed by atoms with E-state index in [-0.39, 0.29) is 5.88 Å². The van der Waals surface area contributed by atoms with Gasteiger partial charge in [-0.25, -0.2) is 4.98 Å². The summed E-state index contributed by atoms with van der Waals surface area (Å²) < 4.78 is 0. The predicted molar refractivity (Wildman–Crippen MR) is 142 cm³/mol. The minimum atomic E-state index is -1.44. The smallest absolute Gasteiger partial charge is 0.214 e. The van der Waals surface area contributed by atoms with Gasteiger partial charge in [0, 0.05) is 35.0 Å². The second kappa shape index (κ2) is 10.2. The molecule has 2 heterocycles. The Morgan fingerprint density at radius 2 is 1.75 bits per heavy atom. The van der Waals surface area contributed by atoms with Crippen LogP contribution in [-0.2, 0) is 0 Å². The number of nitrogens with zero attached hydrogens (tertiary/aromatic N) is 2. The average molecular weight is 474 g/mol. The Balaban J connectivity index is 1.77. The van der Waals surface area contributed by atoms with Crippen LogP contribution in [0.3, 0.4) is 0 Å². The van der Waals surface area contributed by atoms with E-state index in [1.165, 1.54) is 0 Å². The Kier molecular flexibility index (Phi) is 6.64. The fourth-order valence-corrected chi connectivity index (χ4v) is 4.89. The first-order chi connectivity index (χ1) is 17.6. The number of aromatic nitrogens is 2. The van der Waals surface area contributed by atoms with Crippen molar-refractivity contribution in [3.63, 3.8) is 0 Å².